The van der Waals surface area contributed by atoms with E-state index >= 15 is 0 Å². The number of nitrogens with one attached hydrogen (secondary N) is 1. The number of halogens is 6. The van der Waals surface area contributed by atoms with Crippen molar-refractivity contribution < 1.29 is 40.7 Å². The third-order valence-electron chi connectivity index (χ3n) is 5.20. The van der Waals surface area contributed by atoms with Crippen LogP contribution in [0.3, 0.4) is 0 Å². The zero-order chi connectivity index (χ0) is 27.8. The van der Waals surface area contributed by atoms with Crippen LogP contribution in [-0.4, -0.2) is 28.3 Å². The highest BCUT2D eigenvalue weighted by Gasteiger charge is 2.37. The van der Waals surface area contributed by atoms with Crippen LogP contribution in [0.15, 0.2) is 58.7 Å². The van der Waals surface area contributed by atoms with Crippen LogP contribution in [0.25, 0.3) is 16.5 Å². The molecule has 1 N–H and O–H groups in total. The summed E-state index contributed by atoms with van der Waals surface area (Å²) in [6, 6.07) is 8.33. The van der Waals surface area contributed by atoms with E-state index in [9.17, 15) is 40.7 Å². The third-order valence-corrected chi connectivity index (χ3v) is 6.09. The summed E-state index contributed by atoms with van der Waals surface area (Å²) in [5.74, 6) is -2.21. The number of hydrogen-bond donors (Lipinski definition) is 1. The van der Waals surface area contributed by atoms with Gasteiger partial charge in [0.05, 0.1) is 28.8 Å². The minimum Gasteiger partial charge on any atom is -0.461 e. The molecule has 14 heteroatoms. The highest BCUT2D eigenvalue weighted by molar-refractivity contribution is 7.16. The lowest BCUT2D eigenvalue weighted by atomic mass is 10.0. The van der Waals surface area contributed by atoms with Gasteiger partial charge < -0.3 is 10.1 Å². The maximum Gasteiger partial charge on any atom is 0.416 e. The Morgan fingerprint density at radius 2 is 1.61 bits per heavy atom. The van der Waals surface area contributed by atoms with Crippen molar-refractivity contribution >= 4 is 39.0 Å². The summed E-state index contributed by atoms with van der Waals surface area (Å²) in [5.41, 5.74) is -5.10. The number of thiophene rings is 1. The van der Waals surface area contributed by atoms with Gasteiger partial charge in [-0.3, -0.25) is 9.59 Å². The van der Waals surface area contributed by atoms with E-state index in [2.05, 4.69) is 10.4 Å². The molecule has 2 aromatic carbocycles. The molecular weight excluding hydrogens is 540 g/mol. The Kier molecular flexibility index (Phi) is 7.02. The molecule has 0 bridgehead atoms. The number of alkyl halides is 6. The highest BCUT2D eigenvalue weighted by Crippen LogP contribution is 2.37. The molecule has 0 aliphatic rings. The lowest BCUT2D eigenvalue weighted by molar-refractivity contribution is -0.143. The number of carbonyl (C=O) groups excluding carboxylic acids is 2. The van der Waals surface area contributed by atoms with Crippen LogP contribution in [0.1, 0.15) is 38.9 Å². The van der Waals surface area contributed by atoms with Gasteiger partial charge in [-0.05, 0) is 37.3 Å². The zero-order valence-corrected chi connectivity index (χ0v) is 19.9. The van der Waals surface area contributed by atoms with Crippen molar-refractivity contribution in [1.82, 2.24) is 9.78 Å². The monoisotopic (exact) mass is 555 g/mol. The van der Waals surface area contributed by atoms with Crippen LogP contribution >= 0.6 is 11.3 Å². The fraction of sp³-hybridized carbons (Fsp3) is 0.167. The highest BCUT2D eigenvalue weighted by atomic mass is 32.1. The van der Waals surface area contributed by atoms with E-state index in [1.807, 2.05) is 0 Å². The predicted molar refractivity (Wildman–Crippen MR) is 126 cm³/mol. The summed E-state index contributed by atoms with van der Waals surface area (Å²) in [5, 5.41) is 7.15. The summed E-state index contributed by atoms with van der Waals surface area (Å²) in [4.78, 5) is 38.8. The van der Waals surface area contributed by atoms with Gasteiger partial charge in [-0.15, -0.1) is 11.3 Å². The van der Waals surface area contributed by atoms with E-state index in [4.69, 9.17) is 4.74 Å². The molecule has 0 radical (unpaired) electrons. The zero-order valence-electron chi connectivity index (χ0n) is 19.1. The summed E-state index contributed by atoms with van der Waals surface area (Å²) >= 11 is 0.736. The minimum atomic E-state index is -5.16. The average molecular weight is 555 g/mol. The molecule has 4 aromatic rings. The van der Waals surface area contributed by atoms with Gasteiger partial charge in [-0.1, -0.05) is 18.2 Å². The van der Waals surface area contributed by atoms with Crippen molar-refractivity contribution in [2.45, 2.75) is 19.3 Å². The summed E-state index contributed by atoms with van der Waals surface area (Å²) in [6.45, 7) is 1.53. The Morgan fingerprint density at radius 3 is 2.16 bits per heavy atom. The number of ether oxygens (including phenoxy) is 1. The third kappa shape index (κ3) is 5.25. The van der Waals surface area contributed by atoms with Crippen LogP contribution < -0.4 is 10.9 Å². The average Bonchev–Trinajstić information content (AvgIpc) is 3.27. The molecular formula is C24H15F6N3O4S. The number of aromatic nitrogens is 2. The van der Waals surface area contributed by atoms with Crippen molar-refractivity contribution in [3.05, 3.63) is 86.6 Å². The molecule has 0 unspecified atom stereocenters. The molecule has 0 spiro atoms. The Labute approximate surface area is 213 Å². The van der Waals surface area contributed by atoms with Crippen LogP contribution in [0.2, 0.25) is 0 Å². The van der Waals surface area contributed by atoms with Gasteiger partial charge in [0.2, 0.25) is 0 Å². The second-order valence-corrected chi connectivity index (χ2v) is 8.60. The molecule has 2 aromatic heterocycles. The molecule has 2 heterocycles. The number of carbonyl (C=O) groups is 2. The number of fused-ring (bicyclic) bond motifs is 1. The van der Waals surface area contributed by atoms with Crippen molar-refractivity contribution in [1.29, 1.82) is 0 Å². The van der Waals surface area contributed by atoms with Crippen LogP contribution in [0.4, 0.5) is 31.3 Å². The van der Waals surface area contributed by atoms with E-state index in [-0.39, 0.29) is 52.0 Å². The molecule has 38 heavy (non-hydrogen) atoms. The van der Waals surface area contributed by atoms with Crippen LogP contribution in [0.5, 0.6) is 0 Å². The van der Waals surface area contributed by atoms with Gasteiger partial charge in [0.15, 0.2) is 5.69 Å². The first-order valence-electron chi connectivity index (χ1n) is 10.7. The molecule has 0 aliphatic heterocycles. The van der Waals surface area contributed by atoms with E-state index in [1.165, 1.54) is 17.5 Å². The second kappa shape index (κ2) is 9.93. The molecule has 7 nitrogen and oxygen atoms in total. The van der Waals surface area contributed by atoms with Gasteiger partial charge in [-0.2, -0.15) is 36.1 Å². The molecule has 0 atom stereocenters. The number of nitrogens with zero attached hydrogens (tertiary/aromatic N) is 2. The van der Waals surface area contributed by atoms with Crippen molar-refractivity contribution in [3.8, 4) is 5.69 Å². The largest absolute Gasteiger partial charge is 0.461 e. The quantitative estimate of drug-likeness (QED) is 0.244. The Balaban J connectivity index is 1.86. The normalized spacial score (nSPS) is 12.0. The van der Waals surface area contributed by atoms with Crippen LogP contribution in [-0.2, 0) is 17.1 Å². The van der Waals surface area contributed by atoms with Gasteiger partial charge >= 0.3 is 18.3 Å². The Hall–Kier alpha value is -4.20. The standard InChI is InChI=1S/C24H15F6N3O4S/c1-2-37-22(36)18-16-11-38-20(17(16)21(35)33(32-18)15-6-4-3-5-7-15)31-19(34)12-8-13(23(25,26)27)10-14(9-12)24(28,29)30/h3-11H,2H2,1H3,(H,31,34). The van der Waals surface area contributed by atoms with Gasteiger partial charge in [-0.25, -0.2) is 4.79 Å². The number of amides is 1. The van der Waals surface area contributed by atoms with E-state index < -0.39 is 46.5 Å². The molecule has 1 amide bonds. The molecule has 198 valence electrons. The minimum absolute atomic E-state index is 0.0130. The van der Waals surface area contributed by atoms with E-state index in [0.717, 1.165) is 16.0 Å². The summed E-state index contributed by atoms with van der Waals surface area (Å²) in [7, 11) is 0. The first kappa shape index (κ1) is 26.9. The summed E-state index contributed by atoms with van der Waals surface area (Å²) in [6.07, 6.45) is -10.3. The number of benzene rings is 2. The smallest absolute Gasteiger partial charge is 0.416 e. The number of rotatable bonds is 5. The topological polar surface area (TPSA) is 90.3 Å². The predicted octanol–water partition coefficient (Wildman–Crippen LogP) is 5.91. The molecule has 0 saturated heterocycles. The SMILES string of the molecule is CCOC(=O)c1nn(-c2ccccc2)c(=O)c2c(NC(=O)c3cc(C(F)(F)F)cc(C(F)(F)F)c3)scc12. The van der Waals surface area contributed by atoms with Crippen LogP contribution in [0, 0.1) is 0 Å². The first-order valence-corrected chi connectivity index (χ1v) is 11.6. The fourth-order valence-corrected chi connectivity index (χ4v) is 4.43. The number of anilines is 1. The molecule has 0 aliphatic carbocycles. The van der Waals surface area contributed by atoms with Gasteiger partial charge in [0, 0.05) is 16.3 Å². The van der Waals surface area contributed by atoms with Gasteiger partial charge in [0.25, 0.3) is 11.5 Å². The molecule has 0 fully saturated rings. The second-order valence-electron chi connectivity index (χ2n) is 7.72. The van der Waals surface area contributed by atoms with Crippen molar-refractivity contribution in [3.63, 3.8) is 0 Å². The Morgan fingerprint density at radius 1 is 1.00 bits per heavy atom. The van der Waals surface area contributed by atoms with E-state index in [1.54, 1.807) is 25.1 Å². The van der Waals surface area contributed by atoms with Crippen molar-refractivity contribution in [2.75, 3.05) is 11.9 Å². The molecule has 0 saturated carbocycles. The lowest BCUT2D eigenvalue weighted by Crippen LogP contribution is -2.25. The maximum atomic E-state index is 13.3. The Bertz CT molecular complexity index is 1560. The first-order chi connectivity index (χ1) is 17.8. The number of esters is 1. The number of para-hydroxylation sites is 1. The van der Waals surface area contributed by atoms with E-state index in [0.29, 0.717) is 0 Å². The summed E-state index contributed by atoms with van der Waals surface area (Å²) < 4.78 is 85.3. The van der Waals surface area contributed by atoms with Crippen molar-refractivity contribution in [2.24, 2.45) is 0 Å². The number of hydrogen-bond acceptors (Lipinski definition) is 6. The lowest BCUT2D eigenvalue weighted by Gasteiger charge is -2.14. The molecule has 4 rings (SSSR count). The maximum absolute atomic E-state index is 13.3. The van der Waals surface area contributed by atoms with Gasteiger partial charge in [0.1, 0.15) is 5.00 Å². The fourth-order valence-electron chi connectivity index (χ4n) is 3.50.